The van der Waals surface area contributed by atoms with Gasteiger partial charge in [0.1, 0.15) is 5.75 Å². The highest BCUT2D eigenvalue weighted by molar-refractivity contribution is 7.98. The topological polar surface area (TPSA) is 32.3 Å². The molecule has 0 bridgehead atoms. The summed E-state index contributed by atoms with van der Waals surface area (Å²) in [6, 6.07) is 16.1. The van der Waals surface area contributed by atoms with Crippen molar-refractivity contribution in [2.45, 2.75) is 42.5 Å². The van der Waals surface area contributed by atoms with Gasteiger partial charge in [-0.2, -0.15) is 0 Å². The SMILES string of the molecule is CSc1cc(C(Cl)CNC(C)(C)CCc2ccccc2)ccc1O. The average molecular weight is 364 g/mol. The van der Waals surface area contributed by atoms with Gasteiger partial charge in [-0.15, -0.1) is 23.4 Å². The first-order valence-corrected chi connectivity index (χ1v) is 9.87. The molecule has 1 unspecified atom stereocenters. The van der Waals surface area contributed by atoms with Crippen molar-refractivity contribution in [3.05, 3.63) is 59.7 Å². The van der Waals surface area contributed by atoms with Gasteiger partial charge in [0.05, 0.1) is 5.38 Å². The van der Waals surface area contributed by atoms with Gasteiger partial charge in [0.15, 0.2) is 0 Å². The summed E-state index contributed by atoms with van der Waals surface area (Å²) in [6.45, 7) is 5.12. The Kier molecular flexibility index (Phi) is 7.02. The predicted octanol–water partition coefficient (Wildman–Crippen LogP) is 5.40. The lowest BCUT2D eigenvalue weighted by Gasteiger charge is -2.28. The van der Waals surface area contributed by atoms with Gasteiger partial charge in [0, 0.05) is 17.0 Å². The number of rotatable bonds is 8. The predicted molar refractivity (Wildman–Crippen MR) is 105 cm³/mol. The molecule has 0 aliphatic heterocycles. The Balaban J connectivity index is 1.88. The lowest BCUT2D eigenvalue weighted by molar-refractivity contribution is 0.363. The molecule has 2 nitrogen and oxygen atoms in total. The minimum atomic E-state index is -0.118. The standard InChI is InChI=1S/C20H26ClNOS/c1-20(2,12-11-15-7-5-4-6-8-15)22-14-17(21)16-9-10-18(23)19(13-16)24-3/h4-10,13,17,22-23H,11-12,14H2,1-3H3. The summed E-state index contributed by atoms with van der Waals surface area (Å²) < 4.78 is 0. The first kappa shape index (κ1) is 19.2. The fourth-order valence-electron chi connectivity index (χ4n) is 2.56. The van der Waals surface area contributed by atoms with Crippen LogP contribution in [0, 0.1) is 0 Å². The summed E-state index contributed by atoms with van der Waals surface area (Å²) in [7, 11) is 0. The molecule has 0 radical (unpaired) electrons. The van der Waals surface area contributed by atoms with Gasteiger partial charge in [0.25, 0.3) is 0 Å². The van der Waals surface area contributed by atoms with E-state index in [1.54, 1.807) is 6.07 Å². The minimum Gasteiger partial charge on any atom is -0.507 e. The second-order valence-corrected chi connectivity index (χ2v) is 8.02. The number of phenolic OH excluding ortho intramolecular Hbond substituents is 1. The average Bonchev–Trinajstić information content (AvgIpc) is 2.59. The zero-order valence-electron chi connectivity index (χ0n) is 14.6. The molecule has 4 heteroatoms. The van der Waals surface area contributed by atoms with Gasteiger partial charge in [0.2, 0.25) is 0 Å². The van der Waals surface area contributed by atoms with Gasteiger partial charge in [-0.05, 0) is 56.2 Å². The molecule has 24 heavy (non-hydrogen) atoms. The number of thioether (sulfide) groups is 1. The molecule has 0 saturated carbocycles. The first-order chi connectivity index (χ1) is 11.4. The van der Waals surface area contributed by atoms with Gasteiger partial charge in [-0.1, -0.05) is 36.4 Å². The number of alkyl halides is 1. The summed E-state index contributed by atoms with van der Waals surface area (Å²) in [5.41, 5.74) is 2.41. The quantitative estimate of drug-likeness (QED) is 0.486. The number of aryl methyl sites for hydroxylation is 1. The van der Waals surface area contributed by atoms with Crippen molar-refractivity contribution in [1.29, 1.82) is 0 Å². The fraction of sp³-hybridized carbons (Fsp3) is 0.400. The zero-order chi connectivity index (χ0) is 17.6. The molecule has 0 aromatic heterocycles. The minimum absolute atomic E-state index is 0.0161. The number of halogens is 1. The summed E-state index contributed by atoms with van der Waals surface area (Å²) in [5.74, 6) is 0.311. The molecule has 0 amide bonds. The first-order valence-electron chi connectivity index (χ1n) is 8.21. The summed E-state index contributed by atoms with van der Waals surface area (Å²) in [6.07, 6.45) is 4.04. The Morgan fingerprint density at radius 3 is 2.54 bits per heavy atom. The molecule has 0 saturated heterocycles. The second-order valence-electron chi connectivity index (χ2n) is 6.65. The van der Waals surface area contributed by atoms with E-state index in [4.69, 9.17) is 11.6 Å². The van der Waals surface area contributed by atoms with Gasteiger partial charge in [-0.25, -0.2) is 0 Å². The van der Waals surface area contributed by atoms with Crippen molar-refractivity contribution in [2.75, 3.05) is 12.8 Å². The molecule has 0 aliphatic rings. The highest BCUT2D eigenvalue weighted by Crippen LogP contribution is 2.31. The van der Waals surface area contributed by atoms with Crippen LogP contribution >= 0.6 is 23.4 Å². The Bertz CT molecular complexity index is 645. The van der Waals surface area contributed by atoms with Crippen LogP contribution in [-0.2, 0) is 6.42 Å². The van der Waals surface area contributed by atoms with Crippen LogP contribution in [0.2, 0.25) is 0 Å². The van der Waals surface area contributed by atoms with E-state index in [0.717, 1.165) is 23.3 Å². The summed E-state index contributed by atoms with van der Waals surface area (Å²) in [5, 5.41) is 13.2. The highest BCUT2D eigenvalue weighted by atomic mass is 35.5. The molecule has 0 fully saturated rings. The third-order valence-electron chi connectivity index (χ3n) is 4.21. The largest absolute Gasteiger partial charge is 0.507 e. The number of nitrogens with one attached hydrogen (secondary N) is 1. The van der Waals surface area contributed by atoms with Crippen LogP contribution in [0.5, 0.6) is 5.75 Å². The smallest absolute Gasteiger partial charge is 0.129 e. The molecule has 0 aliphatic carbocycles. The number of hydrogen-bond donors (Lipinski definition) is 2. The molecular formula is C20H26ClNOS. The molecule has 130 valence electrons. The normalized spacial score (nSPS) is 13.0. The fourth-order valence-corrected chi connectivity index (χ4v) is 3.31. The van der Waals surface area contributed by atoms with Crippen molar-refractivity contribution in [3.8, 4) is 5.75 Å². The van der Waals surface area contributed by atoms with E-state index in [9.17, 15) is 5.11 Å². The monoisotopic (exact) mass is 363 g/mol. The van der Waals surface area contributed by atoms with Crippen molar-refractivity contribution < 1.29 is 5.11 Å². The van der Waals surface area contributed by atoms with E-state index >= 15 is 0 Å². The zero-order valence-corrected chi connectivity index (χ0v) is 16.1. The van der Waals surface area contributed by atoms with Crippen LogP contribution in [0.3, 0.4) is 0 Å². The number of hydrogen-bond acceptors (Lipinski definition) is 3. The summed E-state index contributed by atoms with van der Waals surface area (Å²) >= 11 is 8.08. The van der Waals surface area contributed by atoms with Gasteiger partial charge >= 0.3 is 0 Å². The summed E-state index contributed by atoms with van der Waals surface area (Å²) in [4.78, 5) is 0.862. The third-order valence-corrected chi connectivity index (χ3v) is 5.38. The molecule has 2 N–H and O–H groups in total. The van der Waals surface area contributed by atoms with Crippen LogP contribution in [0.25, 0.3) is 0 Å². The van der Waals surface area contributed by atoms with Crippen LogP contribution in [0.1, 0.15) is 36.8 Å². The maximum absolute atomic E-state index is 9.77. The molecule has 2 aromatic rings. The maximum atomic E-state index is 9.77. The van der Waals surface area contributed by atoms with E-state index < -0.39 is 0 Å². The lowest BCUT2D eigenvalue weighted by Crippen LogP contribution is -2.41. The van der Waals surface area contributed by atoms with Crippen LogP contribution in [0.15, 0.2) is 53.4 Å². The van der Waals surface area contributed by atoms with E-state index in [1.807, 2.05) is 24.5 Å². The molecule has 2 aromatic carbocycles. The number of benzene rings is 2. The van der Waals surface area contributed by atoms with Crippen molar-refractivity contribution >= 4 is 23.4 Å². The highest BCUT2D eigenvalue weighted by Gasteiger charge is 2.19. The lowest BCUT2D eigenvalue weighted by atomic mass is 9.95. The number of phenols is 1. The van der Waals surface area contributed by atoms with E-state index in [2.05, 4.69) is 43.4 Å². The van der Waals surface area contributed by atoms with Gasteiger partial charge in [-0.3, -0.25) is 0 Å². The Morgan fingerprint density at radius 1 is 1.17 bits per heavy atom. The van der Waals surface area contributed by atoms with Gasteiger partial charge < -0.3 is 10.4 Å². The Morgan fingerprint density at radius 2 is 1.88 bits per heavy atom. The molecule has 1 atom stereocenters. The van der Waals surface area contributed by atoms with E-state index in [0.29, 0.717) is 12.3 Å². The Labute approximate surface area is 154 Å². The van der Waals surface area contributed by atoms with Crippen molar-refractivity contribution in [2.24, 2.45) is 0 Å². The van der Waals surface area contributed by atoms with Crippen LogP contribution in [0.4, 0.5) is 0 Å². The van der Waals surface area contributed by atoms with Crippen molar-refractivity contribution in [1.82, 2.24) is 5.32 Å². The second kappa shape index (κ2) is 8.80. The van der Waals surface area contributed by atoms with Crippen LogP contribution in [-0.4, -0.2) is 23.4 Å². The molecule has 0 heterocycles. The number of aromatic hydroxyl groups is 1. The molecule has 2 rings (SSSR count). The van der Waals surface area contributed by atoms with E-state index in [-0.39, 0.29) is 10.9 Å². The Hall–Kier alpha value is -1.16. The molecule has 0 spiro atoms. The van der Waals surface area contributed by atoms with Crippen molar-refractivity contribution in [3.63, 3.8) is 0 Å². The van der Waals surface area contributed by atoms with Crippen LogP contribution < -0.4 is 5.32 Å². The maximum Gasteiger partial charge on any atom is 0.129 e. The molecular weight excluding hydrogens is 338 g/mol. The van der Waals surface area contributed by atoms with E-state index in [1.165, 1.54) is 17.3 Å². The third kappa shape index (κ3) is 5.73.